The number of amides is 2. The van der Waals surface area contributed by atoms with Gasteiger partial charge in [-0.1, -0.05) is 38.1 Å². The molecule has 0 saturated carbocycles. The molecule has 34 heavy (non-hydrogen) atoms. The zero-order valence-electron chi connectivity index (χ0n) is 19.5. The normalized spacial score (nSPS) is 12.2. The quantitative estimate of drug-likeness (QED) is 0.508. The van der Waals surface area contributed by atoms with Crippen LogP contribution in [0.3, 0.4) is 0 Å². The zero-order valence-corrected chi connectivity index (χ0v) is 19.5. The second-order valence-corrected chi connectivity index (χ2v) is 7.94. The van der Waals surface area contributed by atoms with Crippen LogP contribution in [0.25, 0.3) is 0 Å². The third-order valence-corrected chi connectivity index (χ3v) is 4.87. The minimum absolute atomic E-state index is 0.164. The molecule has 10 heteroatoms. The lowest BCUT2D eigenvalue weighted by Crippen LogP contribution is -2.49. The first-order valence-electron chi connectivity index (χ1n) is 10.6. The molecule has 186 valence electrons. The second-order valence-electron chi connectivity index (χ2n) is 7.94. The lowest BCUT2D eigenvalue weighted by atomic mass is 10.0. The number of carbonyl (C=O) groups excluding carboxylic acids is 2. The molecule has 2 aromatic rings. The molecule has 2 amide bonds. The van der Waals surface area contributed by atoms with Gasteiger partial charge in [-0.05, 0) is 29.2 Å². The Balaban J connectivity index is 1.95. The van der Waals surface area contributed by atoms with Crippen molar-refractivity contribution in [2.45, 2.75) is 39.2 Å². The van der Waals surface area contributed by atoms with Crippen molar-refractivity contribution in [2.75, 3.05) is 20.8 Å². The number of alkyl halides is 3. The van der Waals surface area contributed by atoms with Crippen LogP contribution in [0, 0.1) is 5.92 Å². The fourth-order valence-electron chi connectivity index (χ4n) is 3.04. The molecule has 7 nitrogen and oxygen atoms in total. The maximum absolute atomic E-state index is 12.8. The maximum Gasteiger partial charge on any atom is 0.411 e. The Morgan fingerprint density at radius 1 is 0.941 bits per heavy atom. The smallest absolute Gasteiger partial charge is 0.411 e. The molecule has 0 saturated heterocycles. The van der Waals surface area contributed by atoms with E-state index in [4.69, 9.17) is 9.47 Å². The molecular formula is C24H29F3N2O5. The number of ether oxygens (including phenoxy) is 3. The number of benzene rings is 2. The van der Waals surface area contributed by atoms with E-state index < -0.39 is 24.7 Å². The van der Waals surface area contributed by atoms with E-state index in [1.807, 2.05) is 13.8 Å². The number of hydrogen-bond acceptors (Lipinski definition) is 5. The second kappa shape index (κ2) is 12.3. The lowest BCUT2D eigenvalue weighted by Gasteiger charge is -2.22. The molecular weight excluding hydrogens is 453 g/mol. The zero-order chi connectivity index (χ0) is 25.3. The van der Waals surface area contributed by atoms with Crippen molar-refractivity contribution in [1.82, 2.24) is 10.6 Å². The molecule has 0 aliphatic heterocycles. The number of methoxy groups -OCH3 is 2. The van der Waals surface area contributed by atoms with Crippen molar-refractivity contribution in [2.24, 2.45) is 5.92 Å². The number of rotatable bonds is 11. The molecule has 2 N–H and O–H groups in total. The first-order chi connectivity index (χ1) is 16.0. The fourth-order valence-corrected chi connectivity index (χ4v) is 3.04. The van der Waals surface area contributed by atoms with Crippen LogP contribution in [0.4, 0.5) is 13.2 Å². The number of nitrogens with one attached hydrogen (secondary N) is 2. The number of carbonyl (C=O) groups is 2. The van der Waals surface area contributed by atoms with E-state index in [2.05, 4.69) is 15.4 Å². The van der Waals surface area contributed by atoms with Gasteiger partial charge in [0, 0.05) is 18.2 Å². The summed E-state index contributed by atoms with van der Waals surface area (Å²) < 4.78 is 51.5. The molecule has 0 fully saturated rings. The highest BCUT2D eigenvalue weighted by Crippen LogP contribution is 2.22. The van der Waals surface area contributed by atoms with Crippen molar-refractivity contribution in [3.8, 4) is 11.5 Å². The van der Waals surface area contributed by atoms with Gasteiger partial charge in [0.15, 0.2) is 0 Å². The Morgan fingerprint density at radius 3 is 2.00 bits per heavy atom. The molecule has 0 radical (unpaired) electrons. The molecule has 0 spiro atoms. The van der Waals surface area contributed by atoms with Gasteiger partial charge < -0.3 is 24.8 Å². The molecule has 2 aromatic carbocycles. The van der Waals surface area contributed by atoms with Gasteiger partial charge in [0.2, 0.25) is 5.91 Å². The molecule has 0 bridgehead atoms. The molecule has 0 aliphatic carbocycles. The summed E-state index contributed by atoms with van der Waals surface area (Å²) in [5.74, 6) is -0.112. The van der Waals surface area contributed by atoms with E-state index in [0.717, 1.165) is 5.56 Å². The van der Waals surface area contributed by atoms with Crippen molar-refractivity contribution in [3.05, 3.63) is 59.2 Å². The van der Waals surface area contributed by atoms with Gasteiger partial charge in [-0.2, -0.15) is 13.2 Å². The van der Waals surface area contributed by atoms with E-state index >= 15 is 0 Å². The van der Waals surface area contributed by atoms with Crippen molar-refractivity contribution >= 4 is 11.8 Å². The maximum atomic E-state index is 12.8. The summed E-state index contributed by atoms with van der Waals surface area (Å²) in [6.07, 6.45) is -4.37. The molecule has 0 heterocycles. The molecule has 1 atom stereocenters. The van der Waals surface area contributed by atoms with Crippen LogP contribution in [-0.4, -0.2) is 44.9 Å². The molecule has 0 unspecified atom stereocenters. The first-order valence-corrected chi connectivity index (χ1v) is 10.6. The minimum Gasteiger partial charge on any atom is -0.497 e. The predicted molar refractivity (Wildman–Crippen MR) is 120 cm³/mol. The summed E-state index contributed by atoms with van der Waals surface area (Å²) in [6.45, 7) is 2.34. The van der Waals surface area contributed by atoms with Gasteiger partial charge in [0.05, 0.1) is 20.8 Å². The summed E-state index contributed by atoms with van der Waals surface area (Å²) >= 11 is 0. The average molecular weight is 482 g/mol. The Morgan fingerprint density at radius 2 is 1.50 bits per heavy atom. The standard InChI is InChI=1S/C24H29F3N2O5/c1-15(2)21(29-22(30)18-9-19(32-3)11-20(10-18)33-4)23(31)28-12-16-5-7-17(8-6-16)13-34-14-24(25,26)27/h5-11,15,21H,12-14H2,1-4H3,(H,28,31)(H,29,30)/t21-/m1/s1. The third-order valence-electron chi connectivity index (χ3n) is 4.87. The lowest BCUT2D eigenvalue weighted by molar-refractivity contribution is -0.176. The Hall–Kier alpha value is -3.27. The largest absolute Gasteiger partial charge is 0.497 e. The summed E-state index contributed by atoms with van der Waals surface area (Å²) in [6, 6.07) is 10.6. The minimum atomic E-state index is -4.37. The fraction of sp³-hybridized carbons (Fsp3) is 0.417. The van der Waals surface area contributed by atoms with Crippen LogP contribution in [0.15, 0.2) is 42.5 Å². The Labute approximate surface area is 196 Å². The SMILES string of the molecule is COc1cc(OC)cc(C(=O)N[C@@H](C(=O)NCc2ccc(COCC(F)(F)F)cc2)C(C)C)c1. The summed E-state index contributed by atoms with van der Waals surface area (Å²) in [5, 5.41) is 5.53. The Kier molecular flexibility index (Phi) is 9.73. The summed E-state index contributed by atoms with van der Waals surface area (Å²) in [5.41, 5.74) is 1.62. The third kappa shape index (κ3) is 8.58. The highest BCUT2D eigenvalue weighted by atomic mass is 19.4. The highest BCUT2D eigenvalue weighted by Gasteiger charge is 2.27. The van der Waals surface area contributed by atoms with E-state index in [1.54, 1.807) is 42.5 Å². The van der Waals surface area contributed by atoms with E-state index in [9.17, 15) is 22.8 Å². The monoisotopic (exact) mass is 482 g/mol. The molecule has 2 rings (SSSR count). The van der Waals surface area contributed by atoms with E-state index in [0.29, 0.717) is 17.1 Å². The van der Waals surface area contributed by atoms with Gasteiger partial charge in [0.1, 0.15) is 24.1 Å². The van der Waals surface area contributed by atoms with E-state index in [-0.39, 0.29) is 30.5 Å². The van der Waals surface area contributed by atoms with Crippen LogP contribution in [0.5, 0.6) is 11.5 Å². The van der Waals surface area contributed by atoms with Crippen LogP contribution in [0.1, 0.15) is 35.3 Å². The number of hydrogen-bond donors (Lipinski definition) is 2. The van der Waals surface area contributed by atoms with Crippen molar-refractivity contribution in [3.63, 3.8) is 0 Å². The average Bonchev–Trinajstić information content (AvgIpc) is 2.80. The van der Waals surface area contributed by atoms with Crippen molar-refractivity contribution in [1.29, 1.82) is 0 Å². The highest BCUT2D eigenvalue weighted by molar-refractivity contribution is 5.98. The van der Waals surface area contributed by atoms with Crippen LogP contribution in [0.2, 0.25) is 0 Å². The predicted octanol–water partition coefficient (Wildman–Crippen LogP) is 3.85. The van der Waals surface area contributed by atoms with Gasteiger partial charge in [-0.15, -0.1) is 0 Å². The van der Waals surface area contributed by atoms with Crippen molar-refractivity contribution < 1.29 is 37.0 Å². The van der Waals surface area contributed by atoms with Crippen LogP contribution < -0.4 is 20.1 Å². The van der Waals surface area contributed by atoms with Gasteiger partial charge >= 0.3 is 6.18 Å². The van der Waals surface area contributed by atoms with E-state index in [1.165, 1.54) is 14.2 Å². The molecule has 0 aliphatic rings. The first kappa shape index (κ1) is 27.0. The van der Waals surface area contributed by atoms with Crippen LogP contribution >= 0.6 is 0 Å². The summed E-state index contributed by atoms with van der Waals surface area (Å²) in [4.78, 5) is 25.5. The van der Waals surface area contributed by atoms with Gasteiger partial charge in [-0.3, -0.25) is 9.59 Å². The topological polar surface area (TPSA) is 85.9 Å². The number of halogens is 3. The van der Waals surface area contributed by atoms with Gasteiger partial charge in [-0.25, -0.2) is 0 Å². The molecule has 0 aromatic heterocycles. The summed E-state index contributed by atoms with van der Waals surface area (Å²) in [7, 11) is 2.95. The van der Waals surface area contributed by atoms with Gasteiger partial charge in [0.25, 0.3) is 5.91 Å². The Bertz CT molecular complexity index is 940. The van der Waals surface area contributed by atoms with Crippen LogP contribution in [-0.2, 0) is 22.7 Å².